The first-order chi connectivity index (χ1) is 14.1. The lowest BCUT2D eigenvalue weighted by atomic mass is 10.1. The third-order valence-corrected chi connectivity index (χ3v) is 5.08. The van der Waals surface area contributed by atoms with Gasteiger partial charge in [0.2, 0.25) is 0 Å². The summed E-state index contributed by atoms with van der Waals surface area (Å²) in [5, 5.41) is 4.41. The van der Waals surface area contributed by atoms with E-state index < -0.39 is 0 Å². The molecular formula is C23H23FN4O. The summed E-state index contributed by atoms with van der Waals surface area (Å²) in [6.45, 7) is 2.82. The second-order valence-electron chi connectivity index (χ2n) is 7.12. The monoisotopic (exact) mass is 390 g/mol. The third kappa shape index (κ3) is 3.66. The van der Waals surface area contributed by atoms with Gasteiger partial charge in [0.15, 0.2) is 0 Å². The Morgan fingerprint density at radius 2 is 1.76 bits per heavy atom. The van der Waals surface area contributed by atoms with E-state index >= 15 is 0 Å². The van der Waals surface area contributed by atoms with Crippen molar-refractivity contribution in [1.29, 1.82) is 0 Å². The van der Waals surface area contributed by atoms with Crippen LogP contribution in [0.1, 0.15) is 30.3 Å². The number of carbonyl (C=O) groups is 1. The van der Waals surface area contributed by atoms with E-state index in [4.69, 9.17) is 0 Å². The molecule has 0 fully saturated rings. The maximum Gasteiger partial charge on any atom is 0.272 e. The summed E-state index contributed by atoms with van der Waals surface area (Å²) in [5.41, 5.74) is 3.38. The number of carbonyl (C=O) groups excluding carboxylic acids is 1. The molecule has 3 heterocycles. The van der Waals surface area contributed by atoms with Crippen LogP contribution in [0.25, 0.3) is 22.5 Å². The van der Waals surface area contributed by atoms with E-state index in [9.17, 15) is 9.18 Å². The van der Waals surface area contributed by atoms with Crippen LogP contribution in [0.3, 0.4) is 0 Å². The molecule has 4 rings (SSSR count). The minimum Gasteiger partial charge on any atom is -0.340 e. The topological polar surface area (TPSA) is 42.5 Å². The van der Waals surface area contributed by atoms with Crippen molar-refractivity contribution < 1.29 is 9.18 Å². The number of nitrogens with zero attached hydrogens (tertiary/aromatic N) is 4. The fourth-order valence-corrected chi connectivity index (χ4v) is 3.41. The lowest BCUT2D eigenvalue weighted by molar-refractivity contribution is 0.0784. The van der Waals surface area contributed by atoms with E-state index in [1.54, 1.807) is 34.0 Å². The predicted molar refractivity (Wildman–Crippen MR) is 112 cm³/mol. The molecule has 29 heavy (non-hydrogen) atoms. The van der Waals surface area contributed by atoms with Gasteiger partial charge in [-0.25, -0.2) is 9.07 Å². The van der Waals surface area contributed by atoms with Gasteiger partial charge in [-0.2, -0.15) is 5.10 Å². The highest BCUT2D eigenvalue weighted by atomic mass is 19.1. The Morgan fingerprint density at radius 3 is 2.52 bits per heavy atom. The number of aromatic nitrogens is 3. The van der Waals surface area contributed by atoms with Crippen LogP contribution in [-0.4, -0.2) is 38.6 Å². The summed E-state index contributed by atoms with van der Waals surface area (Å²) in [6, 6.07) is 16.1. The first-order valence-corrected chi connectivity index (χ1v) is 9.75. The van der Waals surface area contributed by atoms with Gasteiger partial charge in [0.25, 0.3) is 5.91 Å². The van der Waals surface area contributed by atoms with Gasteiger partial charge in [-0.3, -0.25) is 4.79 Å². The number of rotatable bonds is 6. The van der Waals surface area contributed by atoms with Crippen molar-refractivity contribution in [2.75, 3.05) is 13.6 Å². The smallest absolute Gasteiger partial charge is 0.272 e. The van der Waals surface area contributed by atoms with Crippen LogP contribution < -0.4 is 0 Å². The van der Waals surface area contributed by atoms with E-state index in [2.05, 4.69) is 12.0 Å². The number of hydrogen-bond donors (Lipinski definition) is 0. The highest BCUT2D eigenvalue weighted by Crippen LogP contribution is 2.24. The minimum atomic E-state index is -0.261. The average Bonchev–Trinajstić information content (AvgIpc) is 3.38. The number of pyridine rings is 1. The molecule has 0 aliphatic carbocycles. The van der Waals surface area contributed by atoms with Gasteiger partial charge >= 0.3 is 0 Å². The summed E-state index contributed by atoms with van der Waals surface area (Å²) in [7, 11) is 1.82. The number of unbranched alkanes of at least 4 members (excludes halogenated alkanes) is 1. The molecule has 0 unspecified atom stereocenters. The van der Waals surface area contributed by atoms with Crippen LogP contribution >= 0.6 is 0 Å². The number of fused-ring (bicyclic) bond motifs is 1. The summed E-state index contributed by atoms with van der Waals surface area (Å²) in [4.78, 5) is 14.6. The molecule has 4 aromatic rings. The Kier molecular flexibility index (Phi) is 5.16. The molecule has 0 N–H and O–H groups in total. The van der Waals surface area contributed by atoms with Gasteiger partial charge in [-0.15, -0.1) is 0 Å². The van der Waals surface area contributed by atoms with E-state index in [0.29, 0.717) is 12.2 Å². The van der Waals surface area contributed by atoms with Crippen molar-refractivity contribution in [3.8, 4) is 16.9 Å². The summed E-state index contributed by atoms with van der Waals surface area (Å²) in [6.07, 6.45) is 5.62. The lowest BCUT2D eigenvalue weighted by Crippen LogP contribution is -2.29. The first-order valence-electron chi connectivity index (χ1n) is 9.75. The maximum absolute atomic E-state index is 13.3. The molecule has 5 nitrogen and oxygen atoms in total. The van der Waals surface area contributed by atoms with Crippen molar-refractivity contribution in [1.82, 2.24) is 19.1 Å². The first kappa shape index (κ1) is 18.9. The SMILES string of the molecule is CCCCN(C)C(=O)c1ccnn1-c1ccc2ccc(-c3ccc(F)cc3)cn12. The van der Waals surface area contributed by atoms with Crippen LogP contribution in [0.15, 0.2) is 67.0 Å². The van der Waals surface area contributed by atoms with E-state index in [0.717, 1.165) is 35.3 Å². The molecule has 0 radical (unpaired) electrons. The lowest BCUT2D eigenvalue weighted by Gasteiger charge is -2.17. The molecule has 0 bridgehead atoms. The molecule has 0 atom stereocenters. The number of benzene rings is 1. The predicted octanol–water partition coefficient (Wildman–Crippen LogP) is 4.80. The zero-order valence-corrected chi connectivity index (χ0v) is 16.5. The van der Waals surface area contributed by atoms with Gasteiger partial charge in [0, 0.05) is 25.3 Å². The Hall–Kier alpha value is -3.41. The quantitative estimate of drug-likeness (QED) is 0.474. The second kappa shape index (κ2) is 7.91. The molecule has 0 spiro atoms. The normalized spacial score (nSPS) is 11.1. The molecule has 6 heteroatoms. The Bertz CT molecular complexity index is 1140. The van der Waals surface area contributed by atoms with E-state index in [1.165, 1.54) is 12.1 Å². The molecule has 3 aromatic heterocycles. The second-order valence-corrected chi connectivity index (χ2v) is 7.12. The largest absolute Gasteiger partial charge is 0.340 e. The molecule has 0 saturated carbocycles. The van der Waals surface area contributed by atoms with Crippen molar-refractivity contribution in [2.24, 2.45) is 0 Å². The molecule has 0 saturated heterocycles. The van der Waals surface area contributed by atoms with Crippen LogP contribution in [0.4, 0.5) is 4.39 Å². The van der Waals surface area contributed by atoms with Crippen LogP contribution in [-0.2, 0) is 0 Å². The Morgan fingerprint density at radius 1 is 1.03 bits per heavy atom. The highest BCUT2D eigenvalue weighted by molar-refractivity contribution is 5.93. The zero-order chi connectivity index (χ0) is 20.4. The fraction of sp³-hybridized carbons (Fsp3) is 0.217. The third-order valence-electron chi connectivity index (χ3n) is 5.08. The molecule has 0 aliphatic rings. The summed E-state index contributed by atoms with van der Waals surface area (Å²) >= 11 is 0. The van der Waals surface area contributed by atoms with Gasteiger partial charge in [0.05, 0.1) is 6.20 Å². The number of halogens is 1. The zero-order valence-electron chi connectivity index (χ0n) is 16.5. The van der Waals surface area contributed by atoms with Crippen LogP contribution in [0.2, 0.25) is 0 Å². The van der Waals surface area contributed by atoms with E-state index in [-0.39, 0.29) is 11.7 Å². The van der Waals surface area contributed by atoms with Gasteiger partial charge in [-0.05, 0) is 53.9 Å². The van der Waals surface area contributed by atoms with Gasteiger partial charge in [-0.1, -0.05) is 31.5 Å². The fourth-order valence-electron chi connectivity index (χ4n) is 3.41. The summed E-state index contributed by atoms with van der Waals surface area (Å²) in [5.74, 6) is 0.463. The number of amides is 1. The maximum atomic E-state index is 13.3. The Balaban J connectivity index is 1.74. The van der Waals surface area contributed by atoms with Crippen LogP contribution in [0.5, 0.6) is 0 Å². The number of hydrogen-bond acceptors (Lipinski definition) is 2. The van der Waals surface area contributed by atoms with E-state index in [1.807, 2.05) is 41.9 Å². The standard InChI is InChI=1S/C23H23FN4O/c1-3-4-15-26(2)23(29)21-13-14-25-28(21)22-12-11-20-10-7-18(16-27(20)22)17-5-8-19(24)9-6-17/h5-14,16H,3-4,15H2,1-2H3. The Labute approximate surface area is 169 Å². The van der Waals surface area contributed by atoms with Crippen molar-refractivity contribution in [3.05, 3.63) is 78.5 Å². The van der Waals surface area contributed by atoms with Crippen molar-refractivity contribution in [3.63, 3.8) is 0 Å². The summed E-state index contributed by atoms with van der Waals surface area (Å²) < 4.78 is 16.9. The van der Waals surface area contributed by atoms with Gasteiger partial charge in [0.1, 0.15) is 17.3 Å². The minimum absolute atomic E-state index is 0.0550. The molecule has 1 amide bonds. The molecule has 0 aliphatic heterocycles. The van der Waals surface area contributed by atoms with Crippen molar-refractivity contribution in [2.45, 2.75) is 19.8 Å². The molecular weight excluding hydrogens is 367 g/mol. The van der Waals surface area contributed by atoms with Crippen molar-refractivity contribution >= 4 is 11.4 Å². The molecule has 148 valence electrons. The van der Waals surface area contributed by atoms with Crippen LogP contribution in [0, 0.1) is 5.82 Å². The molecule has 1 aromatic carbocycles. The van der Waals surface area contributed by atoms with Gasteiger partial charge < -0.3 is 9.30 Å². The average molecular weight is 390 g/mol. The highest BCUT2D eigenvalue weighted by Gasteiger charge is 2.19.